The topological polar surface area (TPSA) is 60.5 Å². The van der Waals surface area contributed by atoms with Crippen LogP contribution in [-0.2, 0) is 4.74 Å². The Hall–Kier alpha value is -1.69. The number of carbonyl (C=O) groups excluding carboxylic acids is 1. The highest BCUT2D eigenvalue weighted by Gasteiger charge is 2.05. The van der Waals surface area contributed by atoms with Crippen LogP contribution in [0.1, 0.15) is 6.92 Å². The van der Waals surface area contributed by atoms with Gasteiger partial charge in [-0.3, -0.25) is 10.3 Å². The highest BCUT2D eigenvalue weighted by Crippen LogP contribution is 2.05. The third-order valence-corrected chi connectivity index (χ3v) is 1.51. The Labute approximate surface area is 92.4 Å². The number of alkyl carbamates (subject to hydrolysis) is 1. The van der Waals surface area contributed by atoms with E-state index in [2.05, 4.69) is 15.0 Å². The van der Waals surface area contributed by atoms with Crippen molar-refractivity contribution < 1.29 is 14.3 Å². The second kappa shape index (κ2) is 5.92. The number of hydrogen-bond donors (Lipinski definition) is 1. The highest BCUT2D eigenvalue weighted by molar-refractivity contribution is 7.80. The second-order valence-electron chi connectivity index (χ2n) is 2.42. The molecule has 0 saturated carbocycles. The molecule has 0 aliphatic heterocycles. The van der Waals surface area contributed by atoms with Gasteiger partial charge in [0.2, 0.25) is 0 Å². The fourth-order valence-corrected chi connectivity index (χ4v) is 0.970. The average Bonchev–Trinajstić information content (AvgIpc) is 2.19. The van der Waals surface area contributed by atoms with Gasteiger partial charge in [0.15, 0.2) is 0 Å². The van der Waals surface area contributed by atoms with Gasteiger partial charge < -0.3 is 9.47 Å². The number of carbonyl (C=O) groups is 1. The van der Waals surface area contributed by atoms with E-state index in [-0.39, 0.29) is 11.8 Å². The van der Waals surface area contributed by atoms with Crippen LogP contribution in [0.4, 0.5) is 4.79 Å². The monoisotopic (exact) mass is 226 g/mol. The van der Waals surface area contributed by atoms with Gasteiger partial charge in [-0.05, 0) is 31.3 Å². The Balaban J connectivity index is 2.40. The van der Waals surface area contributed by atoms with Gasteiger partial charge in [0.05, 0.1) is 12.8 Å². The summed E-state index contributed by atoms with van der Waals surface area (Å²) < 4.78 is 9.71. The molecule has 1 aromatic heterocycles. The Kier molecular flexibility index (Phi) is 4.49. The third-order valence-electron chi connectivity index (χ3n) is 1.32. The number of ether oxygens (including phenoxy) is 2. The van der Waals surface area contributed by atoms with E-state index in [1.807, 2.05) is 0 Å². The number of nitrogens with one attached hydrogen (secondary N) is 1. The molecule has 0 aromatic carbocycles. The van der Waals surface area contributed by atoms with Crippen molar-refractivity contribution in [2.75, 3.05) is 6.61 Å². The molecule has 1 rings (SSSR count). The summed E-state index contributed by atoms with van der Waals surface area (Å²) in [6.45, 7) is 1.98. The van der Waals surface area contributed by atoms with E-state index in [0.29, 0.717) is 5.75 Å². The molecule has 0 unspecified atom stereocenters. The SMILES string of the molecule is CCOC(=O)NC(=S)Oc1cccnc1. The van der Waals surface area contributed by atoms with Crippen molar-refractivity contribution >= 4 is 23.5 Å². The van der Waals surface area contributed by atoms with Gasteiger partial charge in [-0.1, -0.05) is 0 Å². The Morgan fingerprint density at radius 1 is 1.67 bits per heavy atom. The van der Waals surface area contributed by atoms with Crippen molar-refractivity contribution in [1.82, 2.24) is 10.3 Å². The zero-order valence-corrected chi connectivity index (χ0v) is 8.91. The van der Waals surface area contributed by atoms with E-state index in [1.54, 1.807) is 25.3 Å². The summed E-state index contributed by atoms with van der Waals surface area (Å²) in [7, 11) is 0. The Morgan fingerprint density at radius 2 is 2.47 bits per heavy atom. The van der Waals surface area contributed by atoms with E-state index in [1.165, 1.54) is 6.20 Å². The highest BCUT2D eigenvalue weighted by atomic mass is 32.1. The Bertz CT molecular complexity index is 342. The molecule has 0 atom stereocenters. The summed E-state index contributed by atoms with van der Waals surface area (Å²) in [5, 5.41) is 2.18. The standard InChI is InChI=1S/C9H10N2O3S/c1-2-13-8(12)11-9(15)14-7-4-3-5-10-6-7/h3-6H,2H2,1H3,(H,11,12,15). The summed E-state index contributed by atoms with van der Waals surface area (Å²) in [5.74, 6) is 0.458. The fourth-order valence-electron chi connectivity index (χ4n) is 0.791. The summed E-state index contributed by atoms with van der Waals surface area (Å²) in [6.07, 6.45) is 2.46. The largest absolute Gasteiger partial charge is 0.450 e. The van der Waals surface area contributed by atoms with Crippen molar-refractivity contribution in [2.24, 2.45) is 0 Å². The van der Waals surface area contributed by atoms with Gasteiger partial charge in [0, 0.05) is 6.20 Å². The summed E-state index contributed by atoms with van der Waals surface area (Å²) in [5.41, 5.74) is 0. The molecule has 15 heavy (non-hydrogen) atoms. The molecule has 1 aromatic rings. The second-order valence-corrected chi connectivity index (χ2v) is 2.79. The van der Waals surface area contributed by atoms with Crippen LogP contribution >= 0.6 is 12.2 Å². The van der Waals surface area contributed by atoms with Crippen molar-refractivity contribution in [2.45, 2.75) is 6.92 Å². The first-order chi connectivity index (χ1) is 7.22. The molecular weight excluding hydrogens is 216 g/mol. The molecule has 80 valence electrons. The smallest absolute Gasteiger partial charge is 0.414 e. The molecule has 6 heteroatoms. The lowest BCUT2D eigenvalue weighted by Gasteiger charge is -2.07. The minimum Gasteiger partial charge on any atom is -0.450 e. The van der Waals surface area contributed by atoms with E-state index in [0.717, 1.165) is 0 Å². The zero-order valence-electron chi connectivity index (χ0n) is 8.10. The van der Waals surface area contributed by atoms with Gasteiger partial charge in [-0.15, -0.1) is 0 Å². The molecule has 0 aliphatic rings. The van der Waals surface area contributed by atoms with Crippen LogP contribution in [0.3, 0.4) is 0 Å². The van der Waals surface area contributed by atoms with Crippen LogP contribution in [0, 0.1) is 0 Å². The van der Waals surface area contributed by atoms with Crippen LogP contribution in [-0.4, -0.2) is 22.9 Å². The first kappa shape index (κ1) is 11.4. The van der Waals surface area contributed by atoms with Gasteiger partial charge in [-0.25, -0.2) is 4.79 Å². The maximum atomic E-state index is 10.9. The van der Waals surface area contributed by atoms with Crippen LogP contribution in [0.25, 0.3) is 0 Å². The van der Waals surface area contributed by atoms with Crippen LogP contribution in [0.15, 0.2) is 24.5 Å². The van der Waals surface area contributed by atoms with Gasteiger partial charge in [0.25, 0.3) is 5.17 Å². The summed E-state index contributed by atoms with van der Waals surface area (Å²) in [6, 6.07) is 3.37. The van der Waals surface area contributed by atoms with Crippen LogP contribution < -0.4 is 10.1 Å². The molecule has 1 N–H and O–H groups in total. The van der Waals surface area contributed by atoms with Crippen molar-refractivity contribution in [1.29, 1.82) is 0 Å². The maximum absolute atomic E-state index is 10.9. The number of pyridine rings is 1. The lowest BCUT2D eigenvalue weighted by atomic mass is 10.5. The fraction of sp³-hybridized carbons (Fsp3) is 0.222. The number of nitrogens with zero attached hydrogens (tertiary/aromatic N) is 1. The molecule has 0 saturated heterocycles. The first-order valence-corrected chi connectivity index (χ1v) is 4.69. The number of thiocarbonyl (C=S) groups is 1. The predicted octanol–water partition coefficient (Wildman–Crippen LogP) is 1.49. The summed E-state index contributed by atoms with van der Waals surface area (Å²) >= 11 is 4.76. The number of rotatable bonds is 2. The molecule has 1 amide bonds. The first-order valence-electron chi connectivity index (χ1n) is 4.28. The molecule has 0 spiro atoms. The number of amides is 1. The summed E-state index contributed by atoms with van der Waals surface area (Å²) in [4.78, 5) is 14.8. The van der Waals surface area contributed by atoms with Crippen molar-refractivity contribution in [3.8, 4) is 5.75 Å². The van der Waals surface area contributed by atoms with E-state index in [9.17, 15) is 4.79 Å². The van der Waals surface area contributed by atoms with Gasteiger partial charge in [-0.2, -0.15) is 0 Å². The average molecular weight is 226 g/mol. The minimum absolute atomic E-state index is 0.0681. The Morgan fingerprint density at radius 3 is 3.07 bits per heavy atom. The minimum atomic E-state index is -0.633. The van der Waals surface area contributed by atoms with E-state index >= 15 is 0 Å². The molecular formula is C9H10N2O3S. The molecule has 0 fully saturated rings. The third kappa shape index (κ3) is 4.37. The quantitative estimate of drug-likeness (QED) is 0.774. The lowest BCUT2D eigenvalue weighted by Crippen LogP contribution is -2.33. The van der Waals surface area contributed by atoms with Gasteiger partial charge in [0.1, 0.15) is 5.75 Å². The molecule has 5 nitrogen and oxygen atoms in total. The van der Waals surface area contributed by atoms with Crippen molar-refractivity contribution in [3.05, 3.63) is 24.5 Å². The van der Waals surface area contributed by atoms with Gasteiger partial charge >= 0.3 is 6.09 Å². The molecule has 0 bridgehead atoms. The molecule has 0 radical (unpaired) electrons. The number of aromatic nitrogens is 1. The molecule has 1 heterocycles. The maximum Gasteiger partial charge on any atom is 0.414 e. The predicted molar refractivity (Wildman–Crippen MR) is 57.6 cm³/mol. The van der Waals surface area contributed by atoms with E-state index in [4.69, 9.17) is 17.0 Å². The normalized spacial score (nSPS) is 9.13. The van der Waals surface area contributed by atoms with Crippen molar-refractivity contribution in [3.63, 3.8) is 0 Å². The lowest BCUT2D eigenvalue weighted by molar-refractivity contribution is 0.156. The zero-order chi connectivity index (χ0) is 11.1. The van der Waals surface area contributed by atoms with Crippen LogP contribution in [0.5, 0.6) is 5.75 Å². The van der Waals surface area contributed by atoms with Crippen LogP contribution in [0.2, 0.25) is 0 Å². The van der Waals surface area contributed by atoms with E-state index < -0.39 is 6.09 Å². The number of hydrogen-bond acceptors (Lipinski definition) is 5. The molecule has 0 aliphatic carbocycles.